The van der Waals surface area contributed by atoms with Gasteiger partial charge in [-0.05, 0) is 30.7 Å². The van der Waals surface area contributed by atoms with Crippen molar-refractivity contribution in [3.05, 3.63) is 42.1 Å². The van der Waals surface area contributed by atoms with Gasteiger partial charge >= 0.3 is 0 Å². The first kappa shape index (κ1) is 14.4. The van der Waals surface area contributed by atoms with E-state index in [1.54, 1.807) is 0 Å². The first-order chi connectivity index (χ1) is 10.4. The maximum absolute atomic E-state index is 5.59. The number of rotatable bonds is 6. The Balaban J connectivity index is 1.81. The zero-order valence-electron chi connectivity index (χ0n) is 12.4. The number of hydrogen-bond acceptors (Lipinski definition) is 4. The first-order valence-electron chi connectivity index (χ1n) is 7.68. The number of nitrogens with one attached hydrogen (secondary N) is 1. The van der Waals surface area contributed by atoms with E-state index < -0.39 is 0 Å². The zero-order valence-corrected chi connectivity index (χ0v) is 12.4. The Morgan fingerprint density at radius 2 is 2.10 bits per heavy atom. The first-order valence-corrected chi connectivity index (χ1v) is 7.68. The molecule has 112 valence electrons. The molecule has 1 N–H and O–H groups in total. The van der Waals surface area contributed by atoms with Gasteiger partial charge in [-0.25, -0.2) is 0 Å². The Hall–Kier alpha value is -1.49. The number of para-hydroxylation sites is 1. The van der Waals surface area contributed by atoms with E-state index in [-0.39, 0.29) is 12.3 Å². The topological polar surface area (TPSA) is 43.4 Å². The normalized spacial score (nSPS) is 17.4. The molecule has 4 nitrogen and oxygen atoms in total. The molecule has 1 aliphatic rings. The predicted molar refractivity (Wildman–Crippen MR) is 83.1 cm³/mol. The molecule has 2 heterocycles. The summed E-state index contributed by atoms with van der Waals surface area (Å²) in [4.78, 5) is 4.56. The summed E-state index contributed by atoms with van der Waals surface area (Å²) in [6.45, 7) is 4.54. The van der Waals surface area contributed by atoms with Crippen LogP contribution < -0.4 is 5.32 Å². The minimum absolute atomic E-state index is 0.106. The highest BCUT2D eigenvalue weighted by atomic mass is 16.7. The van der Waals surface area contributed by atoms with Gasteiger partial charge in [0.15, 0.2) is 6.29 Å². The molecule has 0 amide bonds. The molecule has 0 bridgehead atoms. The van der Waals surface area contributed by atoms with Gasteiger partial charge in [-0.1, -0.05) is 25.1 Å². The van der Waals surface area contributed by atoms with Crippen molar-refractivity contribution in [3.63, 3.8) is 0 Å². The molecule has 1 aliphatic heterocycles. The van der Waals surface area contributed by atoms with E-state index in [1.807, 2.05) is 24.4 Å². The summed E-state index contributed by atoms with van der Waals surface area (Å²) in [5.74, 6) is 0. The van der Waals surface area contributed by atoms with Gasteiger partial charge in [0.25, 0.3) is 0 Å². The largest absolute Gasteiger partial charge is 0.350 e. The van der Waals surface area contributed by atoms with Crippen molar-refractivity contribution < 1.29 is 9.47 Å². The highest BCUT2D eigenvalue weighted by molar-refractivity contribution is 5.78. The minimum atomic E-state index is -0.106. The molecule has 1 unspecified atom stereocenters. The van der Waals surface area contributed by atoms with Crippen LogP contribution in [0, 0.1) is 0 Å². The van der Waals surface area contributed by atoms with Crippen LogP contribution in [0.2, 0.25) is 0 Å². The number of hydrogen-bond donors (Lipinski definition) is 1. The lowest BCUT2D eigenvalue weighted by molar-refractivity contribution is -0.0530. The molecule has 3 rings (SSSR count). The molecule has 1 aromatic heterocycles. The van der Waals surface area contributed by atoms with E-state index in [0.717, 1.165) is 24.9 Å². The van der Waals surface area contributed by atoms with E-state index in [0.29, 0.717) is 13.2 Å². The van der Waals surface area contributed by atoms with Crippen LogP contribution in [0.1, 0.15) is 31.4 Å². The number of fused-ring (bicyclic) bond motifs is 1. The van der Waals surface area contributed by atoms with Crippen LogP contribution in [0.15, 0.2) is 36.5 Å². The second kappa shape index (κ2) is 6.98. The number of aromatic nitrogens is 1. The summed E-state index contributed by atoms with van der Waals surface area (Å²) in [5.41, 5.74) is 2.23. The highest BCUT2D eigenvalue weighted by Gasteiger charge is 2.22. The summed E-state index contributed by atoms with van der Waals surface area (Å²) < 4.78 is 11.2. The lowest BCUT2D eigenvalue weighted by Gasteiger charge is -2.21. The van der Waals surface area contributed by atoms with Crippen molar-refractivity contribution in [2.45, 2.75) is 32.1 Å². The zero-order chi connectivity index (χ0) is 14.5. The second-order valence-electron chi connectivity index (χ2n) is 5.37. The van der Waals surface area contributed by atoms with Gasteiger partial charge in [0.1, 0.15) is 0 Å². The molecule has 2 aromatic rings. The van der Waals surface area contributed by atoms with Crippen molar-refractivity contribution in [2.75, 3.05) is 19.8 Å². The molecule has 1 fully saturated rings. The Kier molecular flexibility index (Phi) is 4.80. The lowest BCUT2D eigenvalue weighted by atomic mass is 10.0. The van der Waals surface area contributed by atoms with E-state index >= 15 is 0 Å². The molecule has 0 aliphatic carbocycles. The number of nitrogens with zero attached hydrogens (tertiary/aromatic N) is 1. The van der Waals surface area contributed by atoms with Crippen LogP contribution in [-0.4, -0.2) is 31.0 Å². The third-order valence-electron chi connectivity index (χ3n) is 3.77. The summed E-state index contributed by atoms with van der Waals surface area (Å²) in [6, 6.07) is 10.6. The Bertz CT molecular complexity index is 582. The molecule has 4 heteroatoms. The smallest absolute Gasteiger partial charge is 0.159 e. The van der Waals surface area contributed by atoms with Crippen LogP contribution in [0.25, 0.3) is 10.9 Å². The molecular weight excluding hydrogens is 264 g/mol. The Labute approximate surface area is 125 Å². The van der Waals surface area contributed by atoms with Gasteiger partial charge in [-0.2, -0.15) is 0 Å². The van der Waals surface area contributed by atoms with Gasteiger partial charge in [0, 0.05) is 24.0 Å². The van der Waals surface area contributed by atoms with Gasteiger partial charge in [-0.15, -0.1) is 0 Å². The minimum Gasteiger partial charge on any atom is -0.350 e. The van der Waals surface area contributed by atoms with E-state index in [9.17, 15) is 0 Å². The van der Waals surface area contributed by atoms with Crippen LogP contribution in [0.5, 0.6) is 0 Å². The fraction of sp³-hybridized carbons (Fsp3) is 0.471. The van der Waals surface area contributed by atoms with E-state index in [1.165, 1.54) is 10.9 Å². The number of ether oxygens (including phenoxy) is 2. The average Bonchev–Trinajstić information content (AvgIpc) is 3.04. The molecule has 0 spiro atoms. The van der Waals surface area contributed by atoms with Crippen molar-refractivity contribution in [3.8, 4) is 0 Å². The van der Waals surface area contributed by atoms with E-state index in [2.05, 4.69) is 29.4 Å². The highest BCUT2D eigenvalue weighted by Crippen LogP contribution is 2.24. The van der Waals surface area contributed by atoms with Crippen LogP contribution in [0.3, 0.4) is 0 Å². The third-order valence-corrected chi connectivity index (χ3v) is 3.77. The standard InChI is InChI=1S/C17H22N2O2/c1-2-7-18-16(11-17-20-8-9-21-17)14-10-13-5-3-4-6-15(13)19-12-14/h3-6,10,12,16-18H,2,7-9,11H2,1H3. The Morgan fingerprint density at radius 3 is 2.90 bits per heavy atom. The molecule has 1 saturated heterocycles. The van der Waals surface area contributed by atoms with Gasteiger partial charge in [-0.3, -0.25) is 4.98 Å². The molecule has 0 radical (unpaired) electrons. The third kappa shape index (κ3) is 3.59. The maximum atomic E-state index is 5.59. The summed E-state index contributed by atoms with van der Waals surface area (Å²) in [7, 11) is 0. The average molecular weight is 286 g/mol. The summed E-state index contributed by atoms with van der Waals surface area (Å²) >= 11 is 0. The Morgan fingerprint density at radius 1 is 1.29 bits per heavy atom. The van der Waals surface area contributed by atoms with Crippen molar-refractivity contribution in [2.24, 2.45) is 0 Å². The predicted octanol–water partition coefficient (Wildman–Crippen LogP) is 3.04. The molecule has 1 aromatic carbocycles. The number of pyridine rings is 1. The molecule has 0 saturated carbocycles. The summed E-state index contributed by atoms with van der Waals surface area (Å²) in [5, 5.41) is 4.75. The lowest BCUT2D eigenvalue weighted by Crippen LogP contribution is -2.26. The molecule has 1 atom stereocenters. The van der Waals surface area contributed by atoms with Crippen molar-refractivity contribution in [1.82, 2.24) is 10.3 Å². The van der Waals surface area contributed by atoms with Crippen molar-refractivity contribution in [1.29, 1.82) is 0 Å². The second-order valence-corrected chi connectivity index (χ2v) is 5.37. The van der Waals surface area contributed by atoms with Crippen molar-refractivity contribution >= 4 is 10.9 Å². The quantitative estimate of drug-likeness (QED) is 0.886. The SMILES string of the molecule is CCCNC(CC1OCCO1)c1cnc2ccccc2c1. The number of benzene rings is 1. The van der Waals surface area contributed by atoms with Crippen LogP contribution in [-0.2, 0) is 9.47 Å². The molecule has 21 heavy (non-hydrogen) atoms. The van der Waals surface area contributed by atoms with Gasteiger partial charge < -0.3 is 14.8 Å². The summed E-state index contributed by atoms with van der Waals surface area (Å²) in [6.07, 6.45) is 3.78. The van der Waals surface area contributed by atoms with E-state index in [4.69, 9.17) is 9.47 Å². The fourth-order valence-electron chi connectivity index (χ4n) is 2.67. The fourth-order valence-corrected chi connectivity index (χ4v) is 2.67. The molecular formula is C17H22N2O2. The van der Waals surface area contributed by atoms with Crippen LogP contribution in [0.4, 0.5) is 0 Å². The van der Waals surface area contributed by atoms with Gasteiger partial charge in [0.2, 0.25) is 0 Å². The maximum Gasteiger partial charge on any atom is 0.159 e. The monoisotopic (exact) mass is 286 g/mol. The van der Waals surface area contributed by atoms with Gasteiger partial charge in [0.05, 0.1) is 18.7 Å². The van der Waals surface area contributed by atoms with Crippen LogP contribution >= 0.6 is 0 Å².